The second-order valence-electron chi connectivity index (χ2n) is 7.93. The largest absolute Gasteiger partial charge is 0.372 e. The molecule has 0 amide bonds. The molecule has 0 spiro atoms. The topological polar surface area (TPSA) is 21.3 Å². The lowest BCUT2D eigenvalue weighted by atomic mass is 9.86. The number of hydrogen-bond donors (Lipinski definition) is 1. The average molecular weight is 358 g/mol. The summed E-state index contributed by atoms with van der Waals surface area (Å²) in [6, 6.07) is 17.2. The van der Waals surface area contributed by atoms with Gasteiger partial charge in [0.2, 0.25) is 0 Å². The van der Waals surface area contributed by atoms with E-state index in [1.54, 1.807) is 0 Å². The zero-order valence-corrected chi connectivity index (χ0v) is 16.1. The molecule has 2 nitrogen and oxygen atoms in total. The first-order valence-electron chi connectivity index (χ1n) is 9.13. The first-order valence-corrected chi connectivity index (χ1v) is 9.51. The molecule has 2 atom stereocenters. The zero-order valence-electron chi connectivity index (χ0n) is 15.4. The molecule has 0 radical (unpaired) electrons. The summed E-state index contributed by atoms with van der Waals surface area (Å²) in [7, 11) is 0. The van der Waals surface area contributed by atoms with Crippen molar-refractivity contribution >= 4 is 11.6 Å². The Morgan fingerprint density at radius 3 is 2.60 bits per heavy atom. The third kappa shape index (κ3) is 4.84. The SMILES string of the molecule is CC(C)(C)c1cc(Cl)cc(CO[C@H]2CCCN[C@H]2c2ccccc2)c1. The molecule has 0 bridgehead atoms. The van der Waals surface area contributed by atoms with E-state index >= 15 is 0 Å². The van der Waals surface area contributed by atoms with E-state index in [2.05, 4.69) is 68.6 Å². The van der Waals surface area contributed by atoms with Gasteiger partial charge in [-0.1, -0.05) is 68.8 Å². The van der Waals surface area contributed by atoms with Gasteiger partial charge in [0.15, 0.2) is 0 Å². The van der Waals surface area contributed by atoms with Crippen molar-refractivity contribution in [3.05, 3.63) is 70.2 Å². The second-order valence-corrected chi connectivity index (χ2v) is 8.37. The first-order chi connectivity index (χ1) is 11.9. The van der Waals surface area contributed by atoms with Crippen molar-refractivity contribution in [1.82, 2.24) is 5.32 Å². The van der Waals surface area contributed by atoms with Crippen LogP contribution >= 0.6 is 11.6 Å². The van der Waals surface area contributed by atoms with Crippen LogP contribution in [0.5, 0.6) is 0 Å². The van der Waals surface area contributed by atoms with Crippen LogP contribution in [0, 0.1) is 0 Å². The molecule has 0 unspecified atom stereocenters. The minimum absolute atomic E-state index is 0.0820. The minimum Gasteiger partial charge on any atom is -0.372 e. The number of hydrogen-bond acceptors (Lipinski definition) is 2. The Morgan fingerprint density at radius 2 is 1.88 bits per heavy atom. The monoisotopic (exact) mass is 357 g/mol. The summed E-state index contributed by atoms with van der Waals surface area (Å²) < 4.78 is 6.34. The van der Waals surface area contributed by atoms with Gasteiger partial charge < -0.3 is 10.1 Å². The van der Waals surface area contributed by atoms with E-state index in [9.17, 15) is 0 Å². The van der Waals surface area contributed by atoms with Crippen LogP contribution in [0.3, 0.4) is 0 Å². The highest BCUT2D eigenvalue weighted by Gasteiger charge is 2.27. The maximum absolute atomic E-state index is 6.34. The number of piperidine rings is 1. The fraction of sp³-hybridized carbons (Fsp3) is 0.455. The summed E-state index contributed by atoms with van der Waals surface area (Å²) in [6.45, 7) is 8.27. The predicted octanol–water partition coefficient (Wildman–Crippen LogP) is 5.65. The quantitative estimate of drug-likeness (QED) is 0.763. The molecule has 2 aromatic rings. The summed E-state index contributed by atoms with van der Waals surface area (Å²) in [4.78, 5) is 0. The van der Waals surface area contributed by atoms with Gasteiger partial charge in [-0.25, -0.2) is 0 Å². The normalized spacial score (nSPS) is 21.3. The van der Waals surface area contributed by atoms with Crippen molar-refractivity contribution in [3.8, 4) is 0 Å². The number of benzene rings is 2. The minimum atomic E-state index is 0.0820. The van der Waals surface area contributed by atoms with Crippen molar-refractivity contribution in [3.63, 3.8) is 0 Å². The lowest BCUT2D eigenvalue weighted by molar-refractivity contribution is -0.00360. The Hall–Kier alpha value is -1.35. The molecular weight excluding hydrogens is 330 g/mol. The smallest absolute Gasteiger partial charge is 0.0774 e. The number of halogens is 1. The molecule has 1 N–H and O–H groups in total. The lowest BCUT2D eigenvalue weighted by Gasteiger charge is -2.33. The Morgan fingerprint density at radius 1 is 1.12 bits per heavy atom. The van der Waals surface area contributed by atoms with Gasteiger partial charge in [-0.2, -0.15) is 0 Å². The number of rotatable bonds is 4. The van der Waals surface area contributed by atoms with Gasteiger partial charge >= 0.3 is 0 Å². The average Bonchev–Trinajstić information content (AvgIpc) is 2.60. The summed E-state index contributed by atoms with van der Waals surface area (Å²) in [5.74, 6) is 0. The molecule has 25 heavy (non-hydrogen) atoms. The summed E-state index contributed by atoms with van der Waals surface area (Å²) in [6.07, 6.45) is 2.42. The van der Waals surface area contributed by atoms with E-state index in [-0.39, 0.29) is 17.6 Å². The van der Waals surface area contributed by atoms with E-state index < -0.39 is 0 Å². The van der Waals surface area contributed by atoms with Crippen LogP contribution in [0.4, 0.5) is 0 Å². The Kier molecular flexibility index (Phi) is 5.83. The number of ether oxygens (including phenoxy) is 1. The highest BCUT2D eigenvalue weighted by molar-refractivity contribution is 6.30. The van der Waals surface area contributed by atoms with Crippen molar-refractivity contribution < 1.29 is 4.74 Å². The Labute approximate surface area is 156 Å². The molecule has 1 fully saturated rings. The van der Waals surface area contributed by atoms with Crippen LogP contribution in [0.2, 0.25) is 5.02 Å². The van der Waals surface area contributed by atoms with Crippen LogP contribution < -0.4 is 5.32 Å². The lowest BCUT2D eigenvalue weighted by Crippen LogP contribution is -2.39. The summed E-state index contributed by atoms with van der Waals surface area (Å²) in [5, 5.41) is 4.40. The maximum atomic E-state index is 6.34. The molecular formula is C22H28ClNO. The Balaban J connectivity index is 1.72. The van der Waals surface area contributed by atoms with E-state index in [0.29, 0.717) is 6.61 Å². The van der Waals surface area contributed by atoms with Gasteiger partial charge in [0, 0.05) is 5.02 Å². The van der Waals surface area contributed by atoms with E-state index in [1.165, 1.54) is 11.1 Å². The fourth-order valence-corrected chi connectivity index (χ4v) is 3.66. The first kappa shape index (κ1) is 18.4. The standard InChI is InChI=1S/C22H28ClNO/c1-22(2,3)18-12-16(13-19(23)14-18)15-25-20-10-7-11-24-21(20)17-8-5-4-6-9-17/h4-6,8-9,12-14,20-21,24H,7,10-11,15H2,1-3H3/t20-,21-/m0/s1. The molecule has 3 heteroatoms. The van der Waals surface area contributed by atoms with Crippen LogP contribution in [-0.2, 0) is 16.8 Å². The predicted molar refractivity (Wildman–Crippen MR) is 105 cm³/mol. The fourth-order valence-electron chi connectivity index (χ4n) is 3.40. The molecule has 1 aliphatic rings. The van der Waals surface area contributed by atoms with Crippen molar-refractivity contribution in [2.75, 3.05) is 6.54 Å². The zero-order chi connectivity index (χ0) is 17.9. The van der Waals surface area contributed by atoms with Gasteiger partial charge in [-0.05, 0) is 53.6 Å². The van der Waals surface area contributed by atoms with E-state index in [1.807, 2.05) is 6.07 Å². The molecule has 2 aromatic carbocycles. The third-order valence-corrected chi connectivity index (χ3v) is 5.07. The molecule has 3 rings (SSSR count). The van der Waals surface area contributed by atoms with E-state index in [4.69, 9.17) is 16.3 Å². The van der Waals surface area contributed by atoms with Gasteiger partial charge in [-0.3, -0.25) is 0 Å². The van der Waals surface area contributed by atoms with Gasteiger partial charge in [0.1, 0.15) is 0 Å². The van der Waals surface area contributed by atoms with Crippen molar-refractivity contribution in [2.24, 2.45) is 0 Å². The molecule has 1 saturated heterocycles. The van der Waals surface area contributed by atoms with Gasteiger partial charge in [-0.15, -0.1) is 0 Å². The Bertz CT molecular complexity index is 693. The maximum Gasteiger partial charge on any atom is 0.0774 e. The molecule has 0 aliphatic carbocycles. The van der Waals surface area contributed by atoms with Crippen LogP contribution in [-0.4, -0.2) is 12.6 Å². The summed E-state index contributed by atoms with van der Waals surface area (Å²) in [5.41, 5.74) is 3.78. The van der Waals surface area contributed by atoms with Crippen LogP contribution in [0.25, 0.3) is 0 Å². The van der Waals surface area contributed by atoms with Crippen molar-refractivity contribution in [2.45, 2.75) is 57.8 Å². The highest BCUT2D eigenvalue weighted by Crippen LogP contribution is 2.29. The third-order valence-electron chi connectivity index (χ3n) is 4.85. The number of nitrogens with one attached hydrogen (secondary N) is 1. The van der Waals surface area contributed by atoms with Crippen LogP contribution in [0.1, 0.15) is 56.3 Å². The molecule has 0 saturated carbocycles. The van der Waals surface area contributed by atoms with Gasteiger partial charge in [0.25, 0.3) is 0 Å². The second kappa shape index (κ2) is 7.90. The van der Waals surface area contributed by atoms with Crippen molar-refractivity contribution in [1.29, 1.82) is 0 Å². The molecule has 1 heterocycles. The highest BCUT2D eigenvalue weighted by atomic mass is 35.5. The molecule has 134 valence electrons. The van der Waals surface area contributed by atoms with E-state index in [0.717, 1.165) is 30.0 Å². The van der Waals surface area contributed by atoms with Gasteiger partial charge in [0.05, 0.1) is 18.8 Å². The summed E-state index contributed by atoms with van der Waals surface area (Å²) >= 11 is 6.33. The molecule has 0 aromatic heterocycles. The van der Waals surface area contributed by atoms with Crippen LogP contribution in [0.15, 0.2) is 48.5 Å². The molecule has 1 aliphatic heterocycles.